The largest absolute Gasteiger partial charge is 0.321 e. The lowest BCUT2D eigenvalue weighted by Gasteiger charge is -2.08. The molecular weight excluding hydrogens is 350 g/mol. The lowest BCUT2D eigenvalue weighted by molar-refractivity contribution is 0.102. The van der Waals surface area contributed by atoms with E-state index in [9.17, 15) is 4.79 Å². The normalized spacial score (nSPS) is 11.0. The third kappa shape index (κ3) is 3.13. The maximum Gasteiger partial charge on any atom is 0.278 e. The molecule has 2 aromatic carbocycles. The van der Waals surface area contributed by atoms with Gasteiger partial charge in [-0.05, 0) is 38.0 Å². The number of aromatic nitrogens is 4. The quantitative estimate of drug-likeness (QED) is 0.583. The smallest absolute Gasteiger partial charge is 0.278 e. The van der Waals surface area contributed by atoms with Gasteiger partial charge in [0.25, 0.3) is 5.91 Å². The molecule has 4 rings (SSSR count). The zero-order valence-electron chi connectivity index (χ0n) is 16.1. The van der Waals surface area contributed by atoms with E-state index < -0.39 is 0 Å². The summed E-state index contributed by atoms with van der Waals surface area (Å²) in [5.74, 6) is -0.300. The maximum absolute atomic E-state index is 12.7. The molecule has 0 atom stereocenters. The van der Waals surface area contributed by atoms with Crippen molar-refractivity contribution in [3.05, 3.63) is 77.2 Å². The SMILES string of the molecule is CCc1nn2c(C)c(C(=O)Nc3ccc(C)cc3)nnc2c1-c1ccccc1. The van der Waals surface area contributed by atoms with Crippen LogP contribution in [0.25, 0.3) is 16.8 Å². The molecule has 0 saturated heterocycles. The summed E-state index contributed by atoms with van der Waals surface area (Å²) in [6.45, 7) is 5.90. The molecule has 0 bridgehead atoms. The van der Waals surface area contributed by atoms with Crippen LogP contribution in [-0.2, 0) is 6.42 Å². The first-order chi connectivity index (χ1) is 13.6. The average molecular weight is 371 g/mol. The number of amides is 1. The lowest BCUT2D eigenvalue weighted by Crippen LogP contribution is -2.18. The van der Waals surface area contributed by atoms with Gasteiger partial charge in [-0.2, -0.15) is 5.10 Å². The first-order valence-corrected chi connectivity index (χ1v) is 9.26. The highest BCUT2D eigenvalue weighted by molar-refractivity contribution is 6.03. The molecule has 28 heavy (non-hydrogen) atoms. The summed E-state index contributed by atoms with van der Waals surface area (Å²) in [6.07, 6.45) is 0.762. The molecule has 1 N–H and O–H groups in total. The Kier molecular flexibility index (Phi) is 4.61. The van der Waals surface area contributed by atoms with Crippen LogP contribution in [0.1, 0.15) is 34.4 Å². The highest BCUT2D eigenvalue weighted by Crippen LogP contribution is 2.28. The Labute approximate surface area is 163 Å². The van der Waals surface area contributed by atoms with E-state index in [0.717, 1.165) is 34.5 Å². The van der Waals surface area contributed by atoms with Crippen molar-refractivity contribution in [2.75, 3.05) is 5.32 Å². The minimum atomic E-state index is -0.300. The van der Waals surface area contributed by atoms with Gasteiger partial charge in [0, 0.05) is 5.69 Å². The van der Waals surface area contributed by atoms with E-state index in [1.54, 1.807) is 4.52 Å². The highest BCUT2D eigenvalue weighted by atomic mass is 16.2. The second-order valence-electron chi connectivity index (χ2n) is 6.73. The van der Waals surface area contributed by atoms with Crippen molar-refractivity contribution in [1.82, 2.24) is 19.8 Å². The molecule has 4 aromatic rings. The van der Waals surface area contributed by atoms with E-state index in [-0.39, 0.29) is 11.6 Å². The van der Waals surface area contributed by atoms with E-state index in [2.05, 4.69) is 22.4 Å². The number of fused-ring (bicyclic) bond motifs is 1. The van der Waals surface area contributed by atoms with Crippen LogP contribution >= 0.6 is 0 Å². The van der Waals surface area contributed by atoms with Crippen molar-refractivity contribution in [2.45, 2.75) is 27.2 Å². The standard InChI is InChI=1S/C22H21N5O/c1-4-18-19(16-8-6-5-7-9-16)21-25-24-20(15(3)27(21)26-18)22(28)23-17-12-10-14(2)11-13-17/h5-13H,4H2,1-3H3,(H,23,28). The predicted molar refractivity (Wildman–Crippen MR) is 109 cm³/mol. The fraction of sp³-hybridized carbons (Fsp3) is 0.182. The summed E-state index contributed by atoms with van der Waals surface area (Å²) in [5.41, 5.74) is 6.37. The van der Waals surface area contributed by atoms with Crippen LogP contribution in [-0.4, -0.2) is 25.7 Å². The number of hydrogen-bond donors (Lipinski definition) is 1. The van der Waals surface area contributed by atoms with Crippen molar-refractivity contribution in [2.24, 2.45) is 0 Å². The summed E-state index contributed by atoms with van der Waals surface area (Å²) in [6, 6.07) is 17.6. The van der Waals surface area contributed by atoms with E-state index >= 15 is 0 Å². The molecule has 0 aliphatic carbocycles. The number of carbonyl (C=O) groups excluding carboxylic acids is 1. The minimum absolute atomic E-state index is 0.262. The van der Waals surface area contributed by atoms with Gasteiger partial charge in [-0.25, -0.2) is 4.52 Å². The summed E-state index contributed by atoms with van der Waals surface area (Å²) >= 11 is 0. The molecule has 0 aliphatic rings. The fourth-order valence-corrected chi connectivity index (χ4v) is 3.23. The van der Waals surface area contributed by atoms with E-state index in [1.807, 2.05) is 68.4 Å². The molecule has 0 aliphatic heterocycles. The monoisotopic (exact) mass is 371 g/mol. The summed E-state index contributed by atoms with van der Waals surface area (Å²) in [7, 11) is 0. The molecule has 0 unspecified atom stereocenters. The molecule has 0 saturated carbocycles. The van der Waals surface area contributed by atoms with Crippen LogP contribution in [0.2, 0.25) is 0 Å². The first kappa shape index (κ1) is 17.9. The van der Waals surface area contributed by atoms with Crippen LogP contribution in [0.15, 0.2) is 54.6 Å². The van der Waals surface area contributed by atoms with Gasteiger partial charge in [0.1, 0.15) is 0 Å². The average Bonchev–Trinajstić information content (AvgIpc) is 3.10. The Morgan fingerprint density at radius 1 is 1.00 bits per heavy atom. The second kappa shape index (κ2) is 7.23. The Morgan fingerprint density at radius 2 is 1.71 bits per heavy atom. The Hall–Kier alpha value is -3.54. The summed E-state index contributed by atoms with van der Waals surface area (Å²) < 4.78 is 1.72. The van der Waals surface area contributed by atoms with Gasteiger partial charge in [-0.1, -0.05) is 55.0 Å². The Morgan fingerprint density at radius 3 is 2.39 bits per heavy atom. The van der Waals surface area contributed by atoms with Crippen molar-refractivity contribution >= 4 is 17.2 Å². The van der Waals surface area contributed by atoms with Crippen molar-refractivity contribution < 1.29 is 4.79 Å². The fourth-order valence-electron chi connectivity index (χ4n) is 3.23. The van der Waals surface area contributed by atoms with Gasteiger partial charge in [-0.3, -0.25) is 4.79 Å². The lowest BCUT2D eigenvalue weighted by atomic mass is 10.0. The summed E-state index contributed by atoms with van der Waals surface area (Å²) in [4.78, 5) is 12.7. The van der Waals surface area contributed by atoms with Gasteiger partial charge < -0.3 is 5.32 Å². The van der Waals surface area contributed by atoms with Crippen molar-refractivity contribution in [1.29, 1.82) is 0 Å². The number of carbonyl (C=O) groups is 1. The molecule has 140 valence electrons. The van der Waals surface area contributed by atoms with Crippen molar-refractivity contribution in [3.8, 4) is 11.1 Å². The third-order valence-corrected chi connectivity index (χ3v) is 4.76. The topological polar surface area (TPSA) is 72.2 Å². The molecule has 0 radical (unpaired) electrons. The molecule has 2 aromatic heterocycles. The molecule has 6 heteroatoms. The zero-order valence-corrected chi connectivity index (χ0v) is 16.1. The van der Waals surface area contributed by atoms with Crippen LogP contribution in [0.3, 0.4) is 0 Å². The van der Waals surface area contributed by atoms with Crippen LogP contribution in [0.5, 0.6) is 0 Å². The summed E-state index contributed by atoms with van der Waals surface area (Å²) in [5, 5.41) is 16.2. The van der Waals surface area contributed by atoms with E-state index in [0.29, 0.717) is 11.3 Å². The third-order valence-electron chi connectivity index (χ3n) is 4.76. The molecule has 0 fully saturated rings. The number of hydrogen-bond acceptors (Lipinski definition) is 4. The number of rotatable bonds is 4. The zero-order chi connectivity index (χ0) is 19.7. The minimum Gasteiger partial charge on any atom is -0.321 e. The Bertz CT molecular complexity index is 1150. The first-order valence-electron chi connectivity index (χ1n) is 9.26. The Balaban J connectivity index is 1.77. The molecule has 0 spiro atoms. The molecule has 2 heterocycles. The highest BCUT2D eigenvalue weighted by Gasteiger charge is 2.21. The maximum atomic E-state index is 12.7. The number of benzene rings is 2. The van der Waals surface area contributed by atoms with E-state index in [4.69, 9.17) is 5.10 Å². The number of aryl methyl sites for hydroxylation is 3. The second-order valence-corrected chi connectivity index (χ2v) is 6.73. The predicted octanol–water partition coefficient (Wildman–Crippen LogP) is 4.22. The van der Waals surface area contributed by atoms with E-state index in [1.165, 1.54) is 0 Å². The van der Waals surface area contributed by atoms with Gasteiger partial charge in [0.15, 0.2) is 11.3 Å². The van der Waals surface area contributed by atoms with Gasteiger partial charge >= 0.3 is 0 Å². The molecular formula is C22H21N5O. The van der Waals surface area contributed by atoms with Gasteiger partial charge in [0.05, 0.1) is 17.0 Å². The van der Waals surface area contributed by atoms with Crippen LogP contribution in [0.4, 0.5) is 5.69 Å². The number of anilines is 1. The molecule has 6 nitrogen and oxygen atoms in total. The number of nitrogens with one attached hydrogen (secondary N) is 1. The van der Waals surface area contributed by atoms with Crippen molar-refractivity contribution in [3.63, 3.8) is 0 Å². The number of nitrogens with zero attached hydrogens (tertiary/aromatic N) is 4. The van der Waals surface area contributed by atoms with Crippen LogP contribution in [0, 0.1) is 13.8 Å². The van der Waals surface area contributed by atoms with Gasteiger partial charge in [-0.15, -0.1) is 10.2 Å². The van der Waals surface area contributed by atoms with Gasteiger partial charge in [0.2, 0.25) is 0 Å². The molecule has 1 amide bonds. The van der Waals surface area contributed by atoms with Crippen LogP contribution < -0.4 is 5.32 Å².